The molecule has 1 heterocycles. The summed E-state index contributed by atoms with van der Waals surface area (Å²) in [7, 11) is 1.92. The molecule has 1 aromatic rings. The molecule has 0 aliphatic rings. The number of halogens is 2. The maximum absolute atomic E-state index is 5.35. The summed E-state index contributed by atoms with van der Waals surface area (Å²) in [6.45, 7) is 0.937. The second-order valence-corrected chi connectivity index (χ2v) is 3.76. The van der Waals surface area contributed by atoms with Crippen molar-refractivity contribution in [2.75, 3.05) is 13.6 Å². The van der Waals surface area contributed by atoms with Gasteiger partial charge >= 0.3 is 0 Å². The van der Waals surface area contributed by atoms with Crippen LogP contribution >= 0.6 is 31.9 Å². The smallest absolute Gasteiger partial charge is 0.183 e. The summed E-state index contributed by atoms with van der Waals surface area (Å²) in [4.78, 5) is 0. The van der Waals surface area contributed by atoms with Crippen molar-refractivity contribution in [3.8, 4) is 0 Å². The molecule has 0 atom stereocenters. The van der Waals surface area contributed by atoms with Crippen molar-refractivity contribution in [1.82, 2.24) is 5.32 Å². The van der Waals surface area contributed by atoms with Crippen LogP contribution < -0.4 is 5.32 Å². The lowest BCUT2D eigenvalue weighted by molar-refractivity contribution is 0.482. The second kappa shape index (κ2) is 4.28. The highest BCUT2D eigenvalue weighted by atomic mass is 79.9. The highest BCUT2D eigenvalue weighted by Crippen LogP contribution is 2.26. The van der Waals surface area contributed by atoms with Crippen LogP contribution in [0.2, 0.25) is 0 Å². The van der Waals surface area contributed by atoms with Crippen molar-refractivity contribution >= 4 is 31.9 Å². The molecule has 1 N–H and O–H groups in total. The Morgan fingerprint density at radius 1 is 1.55 bits per heavy atom. The van der Waals surface area contributed by atoms with E-state index < -0.39 is 0 Å². The molecule has 62 valence electrons. The molecule has 0 aliphatic heterocycles. The molecule has 2 nitrogen and oxygen atoms in total. The van der Waals surface area contributed by atoms with Crippen molar-refractivity contribution in [1.29, 1.82) is 0 Å². The molecule has 0 bridgehead atoms. The van der Waals surface area contributed by atoms with Gasteiger partial charge in [-0.2, -0.15) is 0 Å². The molecule has 0 spiro atoms. The summed E-state index contributed by atoms with van der Waals surface area (Å²) < 4.78 is 7.09. The predicted octanol–water partition coefficient (Wildman–Crippen LogP) is 2.57. The van der Waals surface area contributed by atoms with E-state index >= 15 is 0 Å². The molecule has 11 heavy (non-hydrogen) atoms. The third-order valence-electron chi connectivity index (χ3n) is 1.32. The van der Waals surface area contributed by atoms with Crippen molar-refractivity contribution in [2.24, 2.45) is 0 Å². The second-order valence-electron chi connectivity index (χ2n) is 2.19. The van der Waals surface area contributed by atoms with Gasteiger partial charge in [-0.25, -0.2) is 0 Å². The minimum atomic E-state index is 0.767. The number of likely N-dealkylation sites (N-methyl/N-ethyl adjacent to an activating group) is 1. The van der Waals surface area contributed by atoms with E-state index in [1.165, 1.54) is 0 Å². The van der Waals surface area contributed by atoms with Crippen LogP contribution in [-0.4, -0.2) is 13.6 Å². The van der Waals surface area contributed by atoms with E-state index in [9.17, 15) is 0 Å². The summed E-state index contributed by atoms with van der Waals surface area (Å²) in [6, 6.07) is 1.97. The van der Waals surface area contributed by atoms with Gasteiger partial charge in [-0.05, 0) is 45.0 Å². The average molecular weight is 283 g/mol. The standard InChI is InChI=1S/C7H9Br2NO/c1-10-3-2-5-4-6(8)7(9)11-5/h4,10H,2-3H2,1H3. The SMILES string of the molecule is CNCCc1cc(Br)c(Br)o1. The average Bonchev–Trinajstić information content (AvgIpc) is 2.28. The molecular weight excluding hydrogens is 274 g/mol. The zero-order valence-corrected chi connectivity index (χ0v) is 9.33. The lowest BCUT2D eigenvalue weighted by Gasteiger charge is -1.93. The third-order valence-corrected chi connectivity index (χ3v) is 3.03. The molecule has 0 saturated heterocycles. The molecule has 0 radical (unpaired) electrons. The first kappa shape index (κ1) is 9.29. The minimum absolute atomic E-state index is 0.767. The molecule has 4 heteroatoms. The largest absolute Gasteiger partial charge is 0.453 e. The predicted molar refractivity (Wildman–Crippen MR) is 51.7 cm³/mol. The van der Waals surface area contributed by atoms with Gasteiger partial charge in [0.05, 0.1) is 4.47 Å². The third kappa shape index (κ3) is 2.61. The van der Waals surface area contributed by atoms with Crippen LogP contribution in [0.15, 0.2) is 19.6 Å². The molecule has 0 amide bonds. The minimum Gasteiger partial charge on any atom is -0.453 e. The van der Waals surface area contributed by atoms with Gasteiger partial charge in [-0.1, -0.05) is 0 Å². The first-order chi connectivity index (χ1) is 5.24. The first-order valence-electron chi connectivity index (χ1n) is 3.32. The molecule has 0 fully saturated rings. The van der Waals surface area contributed by atoms with Crippen molar-refractivity contribution < 1.29 is 4.42 Å². The molecular formula is C7H9Br2NO. The van der Waals surface area contributed by atoms with Gasteiger partial charge in [0, 0.05) is 13.0 Å². The van der Waals surface area contributed by atoms with Gasteiger partial charge in [-0.3, -0.25) is 0 Å². The van der Waals surface area contributed by atoms with E-state index in [1.807, 2.05) is 13.1 Å². The Kier molecular flexibility index (Phi) is 3.62. The topological polar surface area (TPSA) is 25.2 Å². The maximum atomic E-state index is 5.35. The number of rotatable bonds is 3. The molecule has 1 rings (SSSR count). The first-order valence-corrected chi connectivity index (χ1v) is 4.91. The van der Waals surface area contributed by atoms with Gasteiger partial charge in [0.1, 0.15) is 5.76 Å². The summed E-state index contributed by atoms with van der Waals surface area (Å²) >= 11 is 6.62. The van der Waals surface area contributed by atoms with Crippen molar-refractivity contribution in [3.63, 3.8) is 0 Å². The Hall–Kier alpha value is 0.200. The van der Waals surface area contributed by atoms with Gasteiger partial charge < -0.3 is 9.73 Å². The van der Waals surface area contributed by atoms with Gasteiger partial charge in [0.25, 0.3) is 0 Å². The highest BCUT2D eigenvalue weighted by Gasteiger charge is 2.04. The molecule has 0 aliphatic carbocycles. The van der Waals surface area contributed by atoms with E-state index in [4.69, 9.17) is 4.42 Å². The van der Waals surface area contributed by atoms with Crippen LogP contribution in [0.25, 0.3) is 0 Å². The number of hydrogen-bond donors (Lipinski definition) is 1. The van der Waals surface area contributed by atoms with Gasteiger partial charge in [0.2, 0.25) is 0 Å². The van der Waals surface area contributed by atoms with Crippen molar-refractivity contribution in [3.05, 3.63) is 21.0 Å². The maximum Gasteiger partial charge on any atom is 0.183 e. The van der Waals surface area contributed by atoms with Crippen LogP contribution in [-0.2, 0) is 6.42 Å². The fraction of sp³-hybridized carbons (Fsp3) is 0.429. The number of nitrogens with one attached hydrogen (secondary N) is 1. The summed E-state index contributed by atoms with van der Waals surface area (Å²) in [5.41, 5.74) is 0. The van der Waals surface area contributed by atoms with Crippen LogP contribution in [0.5, 0.6) is 0 Å². The fourth-order valence-electron chi connectivity index (χ4n) is 0.763. The molecule has 0 aromatic carbocycles. The monoisotopic (exact) mass is 281 g/mol. The lowest BCUT2D eigenvalue weighted by Crippen LogP contribution is -2.09. The highest BCUT2D eigenvalue weighted by molar-refractivity contribution is 9.13. The molecule has 0 unspecified atom stereocenters. The summed E-state index contributed by atoms with van der Waals surface area (Å²) in [5.74, 6) is 0.984. The van der Waals surface area contributed by atoms with E-state index in [-0.39, 0.29) is 0 Å². The normalized spacial score (nSPS) is 10.5. The lowest BCUT2D eigenvalue weighted by atomic mass is 10.3. The zero-order chi connectivity index (χ0) is 8.27. The number of furan rings is 1. The van der Waals surface area contributed by atoms with Crippen LogP contribution in [0.4, 0.5) is 0 Å². The van der Waals surface area contributed by atoms with E-state index in [1.54, 1.807) is 0 Å². The Morgan fingerprint density at radius 2 is 2.27 bits per heavy atom. The number of hydrogen-bond acceptors (Lipinski definition) is 2. The zero-order valence-electron chi connectivity index (χ0n) is 6.16. The summed E-state index contributed by atoms with van der Waals surface area (Å²) in [5, 5.41) is 3.05. The van der Waals surface area contributed by atoms with E-state index in [2.05, 4.69) is 37.2 Å². The van der Waals surface area contributed by atoms with Crippen LogP contribution in [0.3, 0.4) is 0 Å². The van der Waals surface area contributed by atoms with Crippen molar-refractivity contribution in [2.45, 2.75) is 6.42 Å². The van der Waals surface area contributed by atoms with Crippen LogP contribution in [0.1, 0.15) is 5.76 Å². The quantitative estimate of drug-likeness (QED) is 0.922. The van der Waals surface area contributed by atoms with E-state index in [0.717, 1.165) is 27.9 Å². The Labute approximate surface area is 82.6 Å². The fourth-order valence-corrected chi connectivity index (χ4v) is 1.42. The van der Waals surface area contributed by atoms with E-state index in [0.29, 0.717) is 0 Å². The Morgan fingerprint density at radius 3 is 2.73 bits per heavy atom. The summed E-state index contributed by atoms with van der Waals surface area (Å²) in [6.07, 6.45) is 0.917. The van der Waals surface area contributed by atoms with Gasteiger partial charge in [0.15, 0.2) is 4.67 Å². The molecule has 1 aromatic heterocycles. The van der Waals surface area contributed by atoms with Gasteiger partial charge in [-0.15, -0.1) is 0 Å². The Balaban J connectivity index is 2.58. The Bertz CT molecular complexity index is 215. The van der Waals surface area contributed by atoms with Crippen LogP contribution in [0, 0.1) is 0 Å². The molecule has 0 saturated carbocycles.